The van der Waals surface area contributed by atoms with E-state index in [9.17, 15) is 8.42 Å². The quantitative estimate of drug-likeness (QED) is 0.638. The number of rotatable bonds is 6. The molecule has 0 saturated carbocycles. The van der Waals surface area contributed by atoms with Crippen molar-refractivity contribution in [1.82, 2.24) is 4.98 Å². The van der Waals surface area contributed by atoms with Crippen LogP contribution in [0.15, 0.2) is 30.6 Å². The zero-order chi connectivity index (χ0) is 13.9. The first-order chi connectivity index (χ1) is 8.42. The van der Waals surface area contributed by atoms with E-state index in [1.54, 1.807) is 12.4 Å². The van der Waals surface area contributed by atoms with Crippen LogP contribution in [-0.4, -0.2) is 23.7 Å². The van der Waals surface area contributed by atoms with E-state index >= 15 is 0 Å². The maximum absolute atomic E-state index is 10.3. The highest BCUT2D eigenvalue weighted by atomic mass is 32.2. The maximum Gasteiger partial charge on any atom is 0.264 e. The molecular weight excluding hydrogens is 250 g/mol. The Hall–Kier alpha value is -0.940. The van der Waals surface area contributed by atoms with Gasteiger partial charge in [-0.25, -0.2) is 0 Å². The third kappa shape index (κ3) is 15.1. The molecule has 0 spiro atoms. The lowest BCUT2D eigenvalue weighted by molar-refractivity contribution is 0.476. The van der Waals surface area contributed by atoms with Crippen LogP contribution in [0.4, 0.5) is 0 Å². The van der Waals surface area contributed by atoms with Crippen molar-refractivity contribution in [3.05, 3.63) is 30.6 Å². The number of aromatic nitrogens is 1. The summed E-state index contributed by atoms with van der Waals surface area (Å²) in [7, 11) is -3.72. The summed E-state index contributed by atoms with van der Waals surface area (Å²) in [4.78, 5) is 3.78. The van der Waals surface area contributed by atoms with Crippen molar-refractivity contribution in [3.63, 3.8) is 0 Å². The number of hydrogen-bond donors (Lipinski definition) is 1. The minimum Gasteiger partial charge on any atom is -0.286 e. The molecule has 0 unspecified atom stereocenters. The molecule has 1 N–H and O–H groups in total. The zero-order valence-corrected chi connectivity index (χ0v) is 11.9. The van der Waals surface area contributed by atoms with E-state index in [2.05, 4.69) is 18.8 Å². The monoisotopic (exact) mass is 273 g/mol. The van der Waals surface area contributed by atoms with Gasteiger partial charge in [-0.3, -0.25) is 9.54 Å². The van der Waals surface area contributed by atoms with Crippen LogP contribution in [0.25, 0.3) is 0 Å². The molecule has 0 aliphatic rings. The minimum absolute atomic E-state index is 0.0922. The summed E-state index contributed by atoms with van der Waals surface area (Å²) in [6.07, 6.45) is 7.14. The lowest BCUT2D eigenvalue weighted by atomic mass is 10.1. The third-order valence-corrected chi connectivity index (χ3v) is 3.05. The highest BCUT2D eigenvalue weighted by molar-refractivity contribution is 7.85. The highest BCUT2D eigenvalue weighted by Gasteiger charge is 2.03. The van der Waals surface area contributed by atoms with E-state index in [1.807, 2.05) is 18.2 Å². The molecule has 0 bridgehead atoms. The number of hydrogen-bond acceptors (Lipinski definition) is 3. The van der Waals surface area contributed by atoms with Gasteiger partial charge in [0.2, 0.25) is 0 Å². The van der Waals surface area contributed by atoms with Crippen LogP contribution in [-0.2, 0) is 10.1 Å². The van der Waals surface area contributed by atoms with Crippen molar-refractivity contribution in [3.8, 4) is 0 Å². The molecule has 5 heteroatoms. The van der Waals surface area contributed by atoms with Gasteiger partial charge in [0.1, 0.15) is 0 Å². The predicted molar refractivity (Wildman–Crippen MR) is 74.0 cm³/mol. The van der Waals surface area contributed by atoms with E-state index in [-0.39, 0.29) is 5.75 Å². The maximum atomic E-state index is 10.3. The van der Waals surface area contributed by atoms with Gasteiger partial charge in [-0.1, -0.05) is 39.2 Å². The van der Waals surface area contributed by atoms with Gasteiger partial charge < -0.3 is 0 Å². The molecule has 0 radical (unpaired) electrons. The number of unbranched alkanes of at least 4 members (excludes halogenated alkanes) is 2. The lowest BCUT2D eigenvalue weighted by Gasteiger charge is -2.02. The van der Waals surface area contributed by atoms with Crippen molar-refractivity contribution < 1.29 is 13.0 Å². The molecule has 0 saturated heterocycles. The summed E-state index contributed by atoms with van der Waals surface area (Å²) in [6.45, 7) is 4.28. The van der Waals surface area contributed by atoms with Crippen LogP contribution < -0.4 is 0 Å². The fourth-order valence-corrected chi connectivity index (χ4v) is 1.90. The van der Waals surface area contributed by atoms with E-state index in [0.717, 1.165) is 19.3 Å². The summed E-state index contributed by atoms with van der Waals surface area (Å²) in [5.74, 6) is 0.584. The molecule has 0 aliphatic carbocycles. The largest absolute Gasteiger partial charge is 0.286 e. The fraction of sp³-hybridized carbons (Fsp3) is 0.615. The Balaban J connectivity index is 0.000000397. The topological polar surface area (TPSA) is 67.3 Å². The molecule has 0 atom stereocenters. The smallest absolute Gasteiger partial charge is 0.264 e. The van der Waals surface area contributed by atoms with Crippen LogP contribution in [0.3, 0.4) is 0 Å². The van der Waals surface area contributed by atoms with Gasteiger partial charge in [0.15, 0.2) is 0 Å². The summed E-state index contributed by atoms with van der Waals surface area (Å²) >= 11 is 0. The molecule has 1 aromatic rings. The third-order valence-electron chi connectivity index (χ3n) is 2.25. The molecule has 0 aromatic carbocycles. The van der Waals surface area contributed by atoms with Gasteiger partial charge in [0.25, 0.3) is 10.1 Å². The molecule has 0 amide bonds. The fourth-order valence-electron chi connectivity index (χ4n) is 1.33. The second kappa shape index (κ2) is 10.0. The van der Waals surface area contributed by atoms with E-state index in [4.69, 9.17) is 4.55 Å². The predicted octanol–water partition coefficient (Wildman–Crippen LogP) is 3.17. The first kappa shape index (κ1) is 17.1. The van der Waals surface area contributed by atoms with Crippen molar-refractivity contribution in [1.29, 1.82) is 0 Å². The average molecular weight is 273 g/mol. The lowest BCUT2D eigenvalue weighted by Crippen LogP contribution is -2.03. The molecule has 18 heavy (non-hydrogen) atoms. The Morgan fingerprint density at radius 3 is 2.00 bits per heavy atom. The van der Waals surface area contributed by atoms with Crippen LogP contribution in [0, 0.1) is 5.92 Å². The second-order valence-electron chi connectivity index (χ2n) is 4.55. The first-order valence-electron chi connectivity index (χ1n) is 6.22. The van der Waals surface area contributed by atoms with Crippen molar-refractivity contribution in [2.24, 2.45) is 5.92 Å². The first-order valence-corrected chi connectivity index (χ1v) is 7.83. The van der Waals surface area contributed by atoms with Crippen LogP contribution in [0.2, 0.25) is 0 Å². The number of pyridine rings is 1. The van der Waals surface area contributed by atoms with Crippen LogP contribution >= 0.6 is 0 Å². The Morgan fingerprint density at radius 2 is 1.67 bits per heavy atom. The SMILES string of the molecule is CC(C)CCCCCS(=O)(=O)O.c1ccncc1. The Morgan fingerprint density at radius 1 is 1.06 bits per heavy atom. The normalized spacial score (nSPS) is 10.9. The van der Waals surface area contributed by atoms with E-state index < -0.39 is 10.1 Å². The molecule has 1 aromatic heterocycles. The van der Waals surface area contributed by atoms with Crippen molar-refractivity contribution in [2.75, 3.05) is 5.75 Å². The molecule has 0 fully saturated rings. The second-order valence-corrected chi connectivity index (χ2v) is 6.13. The highest BCUT2D eigenvalue weighted by Crippen LogP contribution is 2.08. The molecule has 1 heterocycles. The standard InChI is InChI=1S/C8H18O3S.C5H5N/c1-8(2)6-4-3-5-7-12(9,10)11;1-2-4-6-5-3-1/h8H,3-7H2,1-2H3,(H,9,10,11);1-5H. The van der Waals surface area contributed by atoms with Gasteiger partial charge in [-0.05, 0) is 24.5 Å². The summed E-state index contributed by atoms with van der Waals surface area (Å²) in [6, 6.07) is 5.72. The average Bonchev–Trinajstić information content (AvgIpc) is 2.30. The van der Waals surface area contributed by atoms with Gasteiger partial charge in [-0.2, -0.15) is 8.42 Å². The summed E-state index contributed by atoms with van der Waals surface area (Å²) in [5, 5.41) is 0. The van der Waals surface area contributed by atoms with Crippen LogP contribution in [0.1, 0.15) is 39.5 Å². The van der Waals surface area contributed by atoms with E-state index in [0.29, 0.717) is 12.3 Å². The minimum atomic E-state index is -3.72. The van der Waals surface area contributed by atoms with Crippen LogP contribution in [0.5, 0.6) is 0 Å². The number of nitrogens with zero attached hydrogens (tertiary/aromatic N) is 1. The van der Waals surface area contributed by atoms with Gasteiger partial charge in [0.05, 0.1) is 5.75 Å². The van der Waals surface area contributed by atoms with Gasteiger partial charge in [0, 0.05) is 12.4 Å². The molecule has 1 rings (SSSR count). The Kier molecular flexibility index (Phi) is 9.50. The van der Waals surface area contributed by atoms with Crippen molar-refractivity contribution in [2.45, 2.75) is 39.5 Å². The molecule has 104 valence electrons. The van der Waals surface area contributed by atoms with Crippen molar-refractivity contribution >= 4 is 10.1 Å². The molecule has 4 nitrogen and oxygen atoms in total. The van der Waals surface area contributed by atoms with E-state index in [1.165, 1.54) is 0 Å². The Labute approximate surface area is 110 Å². The molecule has 0 aliphatic heterocycles. The molecular formula is C13H23NO3S. The Bertz CT molecular complexity index is 350. The summed E-state index contributed by atoms with van der Waals surface area (Å²) < 4.78 is 29.0. The zero-order valence-electron chi connectivity index (χ0n) is 11.1. The van der Waals surface area contributed by atoms with Gasteiger partial charge >= 0.3 is 0 Å². The summed E-state index contributed by atoms with van der Waals surface area (Å²) in [5.41, 5.74) is 0. The van der Waals surface area contributed by atoms with Gasteiger partial charge in [-0.15, -0.1) is 0 Å².